The van der Waals surface area contributed by atoms with Crippen molar-refractivity contribution in [3.05, 3.63) is 29.8 Å². The van der Waals surface area contributed by atoms with Crippen molar-refractivity contribution < 1.29 is 9.53 Å². The van der Waals surface area contributed by atoms with Gasteiger partial charge in [0.2, 0.25) is 17.8 Å². The predicted octanol–water partition coefficient (Wildman–Crippen LogP) is 2.82. The first kappa shape index (κ1) is 26.3. The molecule has 3 fully saturated rings. The second-order valence-electron chi connectivity index (χ2n) is 9.64. The lowest BCUT2D eigenvalue weighted by molar-refractivity contribution is -0.122. The molecule has 1 amide bonds. The lowest BCUT2D eigenvalue weighted by Crippen LogP contribution is -2.34. The Morgan fingerprint density at radius 1 is 0.972 bits per heavy atom. The van der Waals surface area contributed by atoms with E-state index in [0.717, 1.165) is 101 Å². The van der Waals surface area contributed by atoms with Gasteiger partial charge >= 0.3 is 0 Å². The topological polar surface area (TPSA) is 122 Å². The molecule has 2 aromatic heterocycles. The van der Waals surface area contributed by atoms with Crippen molar-refractivity contribution in [2.24, 2.45) is 11.7 Å². The molecule has 0 radical (unpaired) electrons. The number of nitrogens with zero attached hydrogens (tertiary/aromatic N) is 6. The summed E-state index contributed by atoms with van der Waals surface area (Å²) in [6, 6.07) is 0.222. The first-order valence-electron chi connectivity index (χ1n) is 13.0. The molecule has 0 aliphatic carbocycles. The van der Waals surface area contributed by atoms with Crippen LogP contribution in [0.2, 0.25) is 5.02 Å². The zero-order chi connectivity index (χ0) is 25.2. The fourth-order valence-electron chi connectivity index (χ4n) is 4.70. The summed E-state index contributed by atoms with van der Waals surface area (Å²) in [5, 5.41) is 3.32. The number of rotatable bonds is 7. The van der Waals surface area contributed by atoms with Crippen molar-refractivity contribution in [2.45, 2.75) is 57.4 Å². The van der Waals surface area contributed by atoms with Gasteiger partial charge in [0.15, 0.2) is 5.75 Å². The summed E-state index contributed by atoms with van der Waals surface area (Å²) in [5.74, 6) is 3.18. The van der Waals surface area contributed by atoms with Gasteiger partial charge in [-0.1, -0.05) is 11.6 Å². The van der Waals surface area contributed by atoms with Crippen LogP contribution in [-0.2, 0) is 4.79 Å². The summed E-state index contributed by atoms with van der Waals surface area (Å²) in [6.07, 6.45) is 15.3. The normalized spacial score (nSPS) is 20.5. The van der Waals surface area contributed by atoms with Crippen molar-refractivity contribution in [3.8, 4) is 5.75 Å². The van der Waals surface area contributed by atoms with Crippen LogP contribution in [-0.4, -0.2) is 71.2 Å². The number of nitrogens with one attached hydrogen (secondary N) is 1. The summed E-state index contributed by atoms with van der Waals surface area (Å²) in [4.78, 5) is 32.2. The first-order chi connectivity index (χ1) is 17.6. The molecule has 10 nitrogen and oxygen atoms in total. The highest BCUT2D eigenvalue weighted by molar-refractivity contribution is 6.30. The van der Waals surface area contributed by atoms with E-state index in [4.69, 9.17) is 22.1 Å². The Hall–Kier alpha value is -2.72. The molecule has 0 saturated carbocycles. The van der Waals surface area contributed by atoms with E-state index in [1.165, 1.54) is 6.42 Å². The van der Waals surface area contributed by atoms with Crippen LogP contribution in [0.15, 0.2) is 24.8 Å². The third-order valence-corrected chi connectivity index (χ3v) is 7.00. The first-order valence-corrected chi connectivity index (χ1v) is 13.4. The lowest BCUT2D eigenvalue weighted by Gasteiger charge is -2.31. The van der Waals surface area contributed by atoms with Crippen LogP contribution < -0.4 is 25.6 Å². The maximum absolute atomic E-state index is 10.4. The summed E-state index contributed by atoms with van der Waals surface area (Å²) >= 11 is 5.86. The number of carbonyl (C=O) groups is 1. The lowest BCUT2D eigenvalue weighted by atomic mass is 9.92. The second kappa shape index (κ2) is 13.5. The average molecular weight is 517 g/mol. The van der Waals surface area contributed by atoms with E-state index in [1.54, 1.807) is 24.8 Å². The molecular formula is C25H37ClN8O2. The number of aromatic nitrogens is 4. The highest BCUT2D eigenvalue weighted by Gasteiger charge is 2.22. The van der Waals surface area contributed by atoms with E-state index in [0.29, 0.717) is 11.6 Å². The molecule has 196 valence electrons. The Kier molecular flexibility index (Phi) is 9.92. The summed E-state index contributed by atoms with van der Waals surface area (Å²) in [6.45, 7) is 5.30. The van der Waals surface area contributed by atoms with Gasteiger partial charge in [-0.05, 0) is 50.9 Å². The van der Waals surface area contributed by atoms with Gasteiger partial charge in [0.25, 0.3) is 0 Å². The molecule has 11 heteroatoms. The molecule has 0 bridgehead atoms. The standard InChI is InChI=1S/C20H28ClN7O.C5H9NO/c21-16-10-23-19(24-11-16)27-6-3-15(4-7-27)2-1-9-29-18-12-25-20(26-13-18)28-8-5-17(22)14-28;7-5-3-1-2-4-6-5/h10-13,15,17H,1-9,14,22H2;1-4H2,(H,6,7). The molecular weight excluding hydrogens is 480 g/mol. The van der Waals surface area contributed by atoms with Gasteiger partial charge in [0.05, 0.1) is 36.4 Å². The van der Waals surface area contributed by atoms with E-state index in [9.17, 15) is 4.79 Å². The van der Waals surface area contributed by atoms with Gasteiger partial charge in [0.1, 0.15) is 0 Å². The molecule has 36 heavy (non-hydrogen) atoms. The van der Waals surface area contributed by atoms with Crippen molar-refractivity contribution in [2.75, 3.05) is 49.1 Å². The molecule has 0 spiro atoms. The summed E-state index contributed by atoms with van der Waals surface area (Å²) in [7, 11) is 0. The molecule has 5 rings (SSSR count). The third-order valence-electron chi connectivity index (χ3n) is 6.80. The van der Waals surface area contributed by atoms with Crippen LogP contribution in [0.3, 0.4) is 0 Å². The Labute approximate surface area is 218 Å². The molecule has 3 N–H and O–H groups in total. The van der Waals surface area contributed by atoms with Crippen molar-refractivity contribution in [1.29, 1.82) is 0 Å². The Morgan fingerprint density at radius 3 is 2.22 bits per heavy atom. The van der Waals surface area contributed by atoms with E-state index in [-0.39, 0.29) is 11.9 Å². The molecule has 1 atom stereocenters. The van der Waals surface area contributed by atoms with Gasteiger partial charge in [-0.2, -0.15) is 0 Å². The molecule has 1 unspecified atom stereocenters. The van der Waals surface area contributed by atoms with Gasteiger partial charge in [-0.15, -0.1) is 0 Å². The molecule has 3 aliphatic heterocycles. The van der Waals surface area contributed by atoms with Gasteiger partial charge in [-0.25, -0.2) is 19.9 Å². The summed E-state index contributed by atoms with van der Waals surface area (Å²) in [5.41, 5.74) is 5.94. The van der Waals surface area contributed by atoms with Gasteiger partial charge in [0, 0.05) is 45.2 Å². The molecule has 0 aromatic carbocycles. The Bertz CT molecular complexity index is 930. The maximum atomic E-state index is 10.4. The van der Waals surface area contributed by atoms with E-state index >= 15 is 0 Å². The zero-order valence-electron chi connectivity index (χ0n) is 20.8. The summed E-state index contributed by atoms with van der Waals surface area (Å²) < 4.78 is 5.83. The minimum atomic E-state index is 0.214. The van der Waals surface area contributed by atoms with Crippen LogP contribution in [0.4, 0.5) is 11.9 Å². The van der Waals surface area contributed by atoms with Gasteiger partial charge in [-0.3, -0.25) is 4.79 Å². The largest absolute Gasteiger partial charge is 0.490 e. The third kappa shape index (κ3) is 8.16. The number of ether oxygens (including phenoxy) is 1. The number of hydrogen-bond acceptors (Lipinski definition) is 9. The van der Waals surface area contributed by atoms with Crippen LogP contribution in [0.25, 0.3) is 0 Å². The SMILES string of the molecule is NC1CCN(c2ncc(OCCCC3CCN(c4ncc(Cl)cn4)CC3)cn2)C1.O=C1CCCCN1. The van der Waals surface area contributed by atoms with E-state index < -0.39 is 0 Å². The minimum Gasteiger partial charge on any atom is -0.490 e. The average Bonchev–Trinajstić information content (AvgIpc) is 3.35. The van der Waals surface area contributed by atoms with Gasteiger partial charge < -0.3 is 25.6 Å². The quantitative estimate of drug-likeness (QED) is 0.534. The monoisotopic (exact) mass is 516 g/mol. The van der Waals surface area contributed by atoms with Crippen molar-refractivity contribution >= 4 is 29.4 Å². The molecule has 3 saturated heterocycles. The number of carbonyl (C=O) groups excluding carboxylic acids is 1. The minimum absolute atomic E-state index is 0.214. The number of hydrogen-bond donors (Lipinski definition) is 2. The zero-order valence-corrected chi connectivity index (χ0v) is 21.6. The van der Waals surface area contributed by atoms with Crippen LogP contribution in [0.1, 0.15) is 51.4 Å². The predicted molar refractivity (Wildman–Crippen MR) is 140 cm³/mol. The molecule has 5 heterocycles. The Balaban J connectivity index is 0.000000375. The molecule has 2 aromatic rings. The maximum Gasteiger partial charge on any atom is 0.225 e. The van der Waals surface area contributed by atoms with E-state index in [1.807, 2.05) is 0 Å². The number of anilines is 2. The van der Waals surface area contributed by atoms with Crippen LogP contribution in [0.5, 0.6) is 5.75 Å². The highest BCUT2D eigenvalue weighted by Crippen LogP contribution is 2.25. The van der Waals surface area contributed by atoms with Crippen molar-refractivity contribution in [1.82, 2.24) is 25.3 Å². The number of nitrogens with two attached hydrogens (primary N) is 1. The van der Waals surface area contributed by atoms with Crippen LogP contribution in [0, 0.1) is 5.92 Å². The van der Waals surface area contributed by atoms with Crippen molar-refractivity contribution in [3.63, 3.8) is 0 Å². The number of amides is 1. The number of halogens is 1. The highest BCUT2D eigenvalue weighted by atomic mass is 35.5. The second-order valence-corrected chi connectivity index (χ2v) is 10.1. The smallest absolute Gasteiger partial charge is 0.225 e. The number of piperidine rings is 2. The van der Waals surface area contributed by atoms with Crippen LogP contribution >= 0.6 is 11.6 Å². The molecule has 3 aliphatic rings. The van der Waals surface area contributed by atoms with E-state index in [2.05, 4.69) is 35.1 Å². The Morgan fingerprint density at radius 2 is 1.64 bits per heavy atom. The fraction of sp³-hybridized carbons (Fsp3) is 0.640. The fourth-order valence-corrected chi connectivity index (χ4v) is 4.79.